The first kappa shape index (κ1) is 20.5. The molecule has 3 aromatic carbocycles. The van der Waals surface area contributed by atoms with Gasteiger partial charge in [-0.15, -0.1) is 0 Å². The van der Waals surface area contributed by atoms with E-state index >= 15 is 0 Å². The van der Waals surface area contributed by atoms with Crippen molar-refractivity contribution in [2.45, 2.75) is 40.5 Å². The number of hydrogen-bond acceptors (Lipinski definition) is 1. The second kappa shape index (κ2) is 7.63. The van der Waals surface area contributed by atoms with Crippen molar-refractivity contribution in [1.82, 2.24) is 0 Å². The summed E-state index contributed by atoms with van der Waals surface area (Å²) in [5.74, 6) is 0.468. The molecule has 2 nitrogen and oxygen atoms in total. The molecule has 0 spiro atoms. The van der Waals surface area contributed by atoms with Gasteiger partial charge in [0.15, 0.2) is 6.20 Å². The Bertz CT molecular complexity index is 1470. The quantitative estimate of drug-likeness (QED) is 0.272. The molecule has 5 rings (SSSR count). The van der Waals surface area contributed by atoms with Gasteiger partial charge in [0.1, 0.15) is 18.2 Å². The number of para-hydroxylation sites is 1. The number of furan rings is 1. The average Bonchev–Trinajstić information content (AvgIpc) is 3.14. The number of aromatic nitrogens is 1. The van der Waals surface area contributed by atoms with Crippen LogP contribution in [0.15, 0.2) is 71.3 Å². The fourth-order valence-electron chi connectivity index (χ4n) is 4.98. The van der Waals surface area contributed by atoms with E-state index in [0.29, 0.717) is 5.92 Å². The first-order chi connectivity index (χ1) is 15.4. The van der Waals surface area contributed by atoms with E-state index in [9.17, 15) is 0 Å². The lowest BCUT2D eigenvalue weighted by atomic mass is 9.92. The van der Waals surface area contributed by atoms with Crippen LogP contribution < -0.4 is 4.57 Å². The molecule has 0 bridgehead atoms. The van der Waals surface area contributed by atoms with E-state index in [4.69, 9.17) is 4.42 Å². The molecule has 0 atom stereocenters. The van der Waals surface area contributed by atoms with Gasteiger partial charge in [-0.1, -0.05) is 62.4 Å². The number of hydrogen-bond donors (Lipinski definition) is 0. The Morgan fingerprint density at radius 2 is 1.53 bits per heavy atom. The van der Waals surface area contributed by atoms with Gasteiger partial charge in [0, 0.05) is 28.0 Å². The van der Waals surface area contributed by atoms with Gasteiger partial charge in [0.25, 0.3) is 0 Å². The van der Waals surface area contributed by atoms with Crippen LogP contribution >= 0.6 is 0 Å². The van der Waals surface area contributed by atoms with Gasteiger partial charge >= 0.3 is 0 Å². The molecule has 0 aliphatic heterocycles. The Labute approximate surface area is 190 Å². The van der Waals surface area contributed by atoms with Gasteiger partial charge in [-0.2, -0.15) is 0 Å². The van der Waals surface area contributed by atoms with Crippen molar-refractivity contribution in [1.29, 1.82) is 0 Å². The summed E-state index contributed by atoms with van der Waals surface area (Å²) < 4.78 is 8.98. The molecule has 32 heavy (non-hydrogen) atoms. The van der Waals surface area contributed by atoms with Crippen molar-refractivity contribution >= 4 is 21.9 Å². The Morgan fingerprint density at radius 1 is 0.781 bits per heavy atom. The van der Waals surface area contributed by atoms with Gasteiger partial charge in [-0.3, -0.25) is 0 Å². The lowest BCUT2D eigenvalue weighted by Gasteiger charge is -2.13. The number of nitrogens with zero attached hydrogens (tertiary/aromatic N) is 1. The number of fused-ring (bicyclic) bond motifs is 3. The second-order valence-electron chi connectivity index (χ2n) is 9.28. The fraction of sp³-hybridized carbons (Fsp3) is 0.233. The van der Waals surface area contributed by atoms with Crippen molar-refractivity contribution in [3.8, 4) is 22.4 Å². The lowest BCUT2D eigenvalue weighted by Crippen LogP contribution is -2.32. The maximum Gasteiger partial charge on any atom is 0.216 e. The first-order valence-electron chi connectivity index (χ1n) is 11.4. The minimum absolute atomic E-state index is 0.468. The number of rotatable bonds is 3. The second-order valence-corrected chi connectivity index (χ2v) is 9.28. The summed E-state index contributed by atoms with van der Waals surface area (Å²) in [7, 11) is 2.14. The smallest absolute Gasteiger partial charge is 0.216 e. The van der Waals surface area contributed by atoms with E-state index < -0.39 is 0 Å². The van der Waals surface area contributed by atoms with E-state index in [0.717, 1.165) is 16.7 Å². The van der Waals surface area contributed by atoms with E-state index in [1.165, 1.54) is 49.8 Å². The summed E-state index contributed by atoms with van der Waals surface area (Å²) in [6, 6.07) is 21.6. The zero-order valence-corrected chi connectivity index (χ0v) is 19.8. The minimum Gasteiger partial charge on any atom is -0.454 e. The molecule has 160 valence electrons. The molecule has 0 fully saturated rings. The van der Waals surface area contributed by atoms with Crippen molar-refractivity contribution in [3.63, 3.8) is 0 Å². The van der Waals surface area contributed by atoms with Gasteiger partial charge in [0.05, 0.1) is 5.56 Å². The van der Waals surface area contributed by atoms with E-state index in [1.54, 1.807) is 0 Å². The van der Waals surface area contributed by atoms with Crippen LogP contribution in [-0.4, -0.2) is 0 Å². The minimum atomic E-state index is 0.468. The Balaban J connectivity index is 1.89. The van der Waals surface area contributed by atoms with Crippen molar-refractivity contribution in [2.24, 2.45) is 7.05 Å². The summed E-state index contributed by atoms with van der Waals surface area (Å²) in [6.45, 7) is 11.1. The fourth-order valence-corrected chi connectivity index (χ4v) is 4.98. The predicted molar refractivity (Wildman–Crippen MR) is 134 cm³/mol. The van der Waals surface area contributed by atoms with Crippen LogP contribution in [0.2, 0.25) is 0 Å². The number of aryl methyl sites for hydroxylation is 3. The maximum atomic E-state index is 6.73. The van der Waals surface area contributed by atoms with Crippen LogP contribution in [0.25, 0.3) is 44.3 Å². The van der Waals surface area contributed by atoms with Gasteiger partial charge in [-0.25, -0.2) is 4.57 Å². The zero-order valence-electron chi connectivity index (χ0n) is 19.8. The molecule has 2 aromatic heterocycles. The summed E-state index contributed by atoms with van der Waals surface area (Å²) in [4.78, 5) is 0. The Kier molecular flexibility index (Phi) is 4.89. The van der Waals surface area contributed by atoms with Gasteiger partial charge in [0.2, 0.25) is 5.69 Å². The molecule has 2 heteroatoms. The van der Waals surface area contributed by atoms with E-state index in [2.05, 4.69) is 113 Å². The van der Waals surface area contributed by atoms with Crippen molar-refractivity contribution in [3.05, 3.63) is 89.1 Å². The number of pyridine rings is 1. The summed E-state index contributed by atoms with van der Waals surface area (Å²) in [5, 5.41) is 2.35. The average molecular weight is 421 g/mol. The first-order valence-corrected chi connectivity index (χ1v) is 11.4. The third-order valence-electron chi connectivity index (χ3n) is 6.79. The molecule has 0 aliphatic rings. The SMILES string of the molecule is Cc1c[n+](C)c(-c2c(C)c(C)cc3c2oc2c(-c4ccccc4)cccc23)cc1C(C)C. The predicted octanol–water partition coefficient (Wildman–Crippen LogP) is 7.79. The largest absolute Gasteiger partial charge is 0.454 e. The summed E-state index contributed by atoms with van der Waals surface area (Å²) >= 11 is 0. The molecule has 0 aliphatic carbocycles. The van der Waals surface area contributed by atoms with Crippen molar-refractivity contribution < 1.29 is 8.98 Å². The molecular formula is C30H30NO+. The highest BCUT2D eigenvalue weighted by Gasteiger charge is 2.24. The van der Waals surface area contributed by atoms with Crippen LogP contribution in [-0.2, 0) is 7.05 Å². The highest BCUT2D eigenvalue weighted by Crippen LogP contribution is 2.42. The van der Waals surface area contributed by atoms with Gasteiger partial charge in [-0.05, 0) is 55.0 Å². The third-order valence-corrected chi connectivity index (χ3v) is 6.79. The summed E-state index contributed by atoms with van der Waals surface area (Å²) in [6.07, 6.45) is 2.25. The third kappa shape index (κ3) is 3.14. The van der Waals surface area contributed by atoms with E-state index in [1.807, 2.05) is 0 Å². The monoisotopic (exact) mass is 420 g/mol. The van der Waals surface area contributed by atoms with Crippen LogP contribution in [0.3, 0.4) is 0 Å². The molecule has 0 unspecified atom stereocenters. The zero-order chi connectivity index (χ0) is 22.6. The summed E-state index contributed by atoms with van der Waals surface area (Å²) in [5.41, 5.74) is 11.9. The molecule has 5 aromatic rings. The van der Waals surface area contributed by atoms with Gasteiger partial charge < -0.3 is 4.42 Å². The maximum absolute atomic E-state index is 6.73. The highest BCUT2D eigenvalue weighted by atomic mass is 16.3. The number of benzene rings is 3. The Morgan fingerprint density at radius 3 is 2.25 bits per heavy atom. The normalized spacial score (nSPS) is 11.7. The molecule has 0 N–H and O–H groups in total. The topological polar surface area (TPSA) is 17.0 Å². The molecule has 0 saturated heterocycles. The molecule has 0 saturated carbocycles. The molecule has 2 heterocycles. The van der Waals surface area contributed by atoms with Crippen LogP contribution in [0.4, 0.5) is 0 Å². The molecule has 0 radical (unpaired) electrons. The highest BCUT2D eigenvalue weighted by molar-refractivity contribution is 6.13. The molecule has 0 amide bonds. The van der Waals surface area contributed by atoms with Crippen LogP contribution in [0.1, 0.15) is 42.0 Å². The Hall–Kier alpha value is -3.39. The lowest BCUT2D eigenvalue weighted by molar-refractivity contribution is -0.660. The van der Waals surface area contributed by atoms with Crippen molar-refractivity contribution in [2.75, 3.05) is 0 Å². The standard InChI is InChI=1S/C30H30NO/c1-18(2)25-16-27(31(6)17-20(25)4)28-21(5)19(3)15-26-24-14-10-13-23(29(24)32-30(26)28)22-11-8-7-9-12-22/h7-18H,1-6H3/q+1. The van der Waals surface area contributed by atoms with Crippen LogP contribution in [0, 0.1) is 20.8 Å². The molecular weight excluding hydrogens is 390 g/mol. The van der Waals surface area contributed by atoms with E-state index in [-0.39, 0.29) is 0 Å². The van der Waals surface area contributed by atoms with Crippen LogP contribution in [0.5, 0.6) is 0 Å².